The third-order valence-corrected chi connectivity index (χ3v) is 8.70. The maximum absolute atomic E-state index is 5.01. The number of hydrogen-bond donors (Lipinski definition) is 0. The zero-order valence-electron chi connectivity index (χ0n) is 26.0. The second-order valence-electron chi connectivity index (χ2n) is 11.7. The average Bonchev–Trinajstić information content (AvgIpc) is 3.15. The van der Waals surface area contributed by atoms with E-state index in [9.17, 15) is 0 Å². The maximum Gasteiger partial charge on any atom is 0.164 e. The molecule has 1 aromatic heterocycles. The van der Waals surface area contributed by atoms with Crippen LogP contribution in [0.2, 0.25) is 0 Å². The molecule has 0 aliphatic heterocycles. The van der Waals surface area contributed by atoms with Gasteiger partial charge in [0.2, 0.25) is 0 Å². The van der Waals surface area contributed by atoms with E-state index in [1.165, 1.54) is 38.6 Å². The summed E-state index contributed by atoms with van der Waals surface area (Å²) in [7, 11) is 0. The Morgan fingerprint density at radius 3 is 1.13 bits per heavy atom. The van der Waals surface area contributed by atoms with E-state index in [1.807, 2.05) is 12.1 Å². The number of aryl methyl sites for hydroxylation is 1. The topological polar surface area (TPSA) is 38.7 Å². The molecule has 8 rings (SSSR count). The van der Waals surface area contributed by atoms with Gasteiger partial charge < -0.3 is 0 Å². The van der Waals surface area contributed by atoms with Gasteiger partial charge in [0.25, 0.3) is 0 Å². The van der Waals surface area contributed by atoms with Crippen LogP contribution in [-0.4, -0.2) is 15.0 Å². The molecule has 0 saturated heterocycles. The molecule has 0 spiro atoms. The smallest absolute Gasteiger partial charge is 0.164 e. The SMILES string of the molecule is Cc1ccc2ccccc2c1-c1ccc(-c2nc(-c3ccc(-c4ccccc4)cc3)nc(-c3ccc(-c4ccccc4)cc3)n2)cc1. The molecule has 3 heteroatoms. The van der Waals surface area contributed by atoms with Crippen molar-refractivity contribution in [3.05, 3.63) is 175 Å². The fourth-order valence-corrected chi connectivity index (χ4v) is 6.20. The summed E-state index contributed by atoms with van der Waals surface area (Å²) in [6.45, 7) is 2.17. The Balaban J connectivity index is 1.20. The molecule has 0 amide bonds. The molecule has 0 fully saturated rings. The van der Waals surface area contributed by atoms with E-state index >= 15 is 0 Å². The molecule has 3 nitrogen and oxygen atoms in total. The highest BCUT2D eigenvalue weighted by Crippen LogP contribution is 2.34. The molecule has 222 valence electrons. The summed E-state index contributed by atoms with van der Waals surface area (Å²) in [5.41, 5.74) is 11.2. The standard InChI is InChI=1S/C44H31N3/c1-30-16-17-35-14-8-9-15-40(35)41(30)36-22-28-39(29-23-36)44-46-42(37-24-18-33(19-25-37)31-10-4-2-5-11-31)45-43(47-44)38-26-20-34(21-27-38)32-12-6-3-7-13-32/h2-29H,1H3. The molecule has 7 aromatic carbocycles. The normalized spacial score (nSPS) is 11.1. The van der Waals surface area contributed by atoms with Gasteiger partial charge in [-0.2, -0.15) is 0 Å². The number of rotatable bonds is 6. The lowest BCUT2D eigenvalue weighted by Gasteiger charge is -2.12. The van der Waals surface area contributed by atoms with Gasteiger partial charge in [0.05, 0.1) is 0 Å². The van der Waals surface area contributed by atoms with Gasteiger partial charge in [-0.05, 0) is 56.6 Å². The van der Waals surface area contributed by atoms with Crippen LogP contribution < -0.4 is 0 Å². The first kappa shape index (κ1) is 28.3. The van der Waals surface area contributed by atoms with Crippen molar-refractivity contribution in [2.75, 3.05) is 0 Å². The van der Waals surface area contributed by atoms with Crippen molar-refractivity contribution >= 4 is 10.8 Å². The summed E-state index contributed by atoms with van der Waals surface area (Å²) >= 11 is 0. The van der Waals surface area contributed by atoms with Gasteiger partial charge >= 0.3 is 0 Å². The van der Waals surface area contributed by atoms with Crippen molar-refractivity contribution in [1.82, 2.24) is 15.0 Å². The molecule has 0 aliphatic carbocycles. The molecule has 0 bridgehead atoms. The van der Waals surface area contributed by atoms with Gasteiger partial charge in [0.1, 0.15) is 0 Å². The van der Waals surface area contributed by atoms with Crippen molar-refractivity contribution < 1.29 is 0 Å². The summed E-state index contributed by atoms with van der Waals surface area (Å²) in [6.07, 6.45) is 0. The first-order chi connectivity index (χ1) is 23.2. The molecule has 0 radical (unpaired) electrons. The highest BCUT2D eigenvalue weighted by molar-refractivity contribution is 5.98. The van der Waals surface area contributed by atoms with Crippen LogP contribution in [0, 0.1) is 6.92 Å². The number of nitrogens with zero attached hydrogens (tertiary/aromatic N) is 3. The van der Waals surface area contributed by atoms with E-state index < -0.39 is 0 Å². The molecular formula is C44H31N3. The van der Waals surface area contributed by atoms with Crippen molar-refractivity contribution in [1.29, 1.82) is 0 Å². The average molecular weight is 602 g/mol. The lowest BCUT2D eigenvalue weighted by Crippen LogP contribution is -2.00. The Hall–Kier alpha value is -6.19. The Morgan fingerprint density at radius 1 is 0.298 bits per heavy atom. The third kappa shape index (κ3) is 5.71. The third-order valence-electron chi connectivity index (χ3n) is 8.70. The number of benzene rings is 7. The fraction of sp³-hybridized carbons (Fsp3) is 0.0227. The Labute approximate surface area is 274 Å². The fourth-order valence-electron chi connectivity index (χ4n) is 6.20. The van der Waals surface area contributed by atoms with Crippen LogP contribution in [0.5, 0.6) is 0 Å². The summed E-state index contributed by atoms with van der Waals surface area (Å²) in [4.78, 5) is 15.0. The van der Waals surface area contributed by atoms with E-state index in [2.05, 4.69) is 165 Å². The number of hydrogen-bond acceptors (Lipinski definition) is 3. The Morgan fingerprint density at radius 2 is 0.660 bits per heavy atom. The van der Waals surface area contributed by atoms with Crippen LogP contribution >= 0.6 is 0 Å². The van der Waals surface area contributed by atoms with Gasteiger partial charge in [-0.3, -0.25) is 0 Å². The summed E-state index contributed by atoms with van der Waals surface area (Å²) in [6, 6.07) is 59.2. The van der Waals surface area contributed by atoms with Gasteiger partial charge in [-0.25, -0.2) is 15.0 Å². The maximum atomic E-state index is 5.01. The van der Waals surface area contributed by atoms with Gasteiger partial charge in [-0.1, -0.05) is 170 Å². The second-order valence-corrected chi connectivity index (χ2v) is 11.7. The largest absolute Gasteiger partial charge is 0.208 e. The minimum Gasteiger partial charge on any atom is -0.208 e. The molecule has 0 aliphatic rings. The van der Waals surface area contributed by atoms with Crippen LogP contribution in [0.1, 0.15) is 5.56 Å². The van der Waals surface area contributed by atoms with Crippen LogP contribution in [0.25, 0.3) is 78.3 Å². The summed E-state index contributed by atoms with van der Waals surface area (Å²) in [5, 5.41) is 2.49. The lowest BCUT2D eigenvalue weighted by molar-refractivity contribution is 1.07. The van der Waals surface area contributed by atoms with E-state index in [0.29, 0.717) is 17.5 Å². The number of aromatic nitrogens is 3. The van der Waals surface area contributed by atoms with E-state index in [1.54, 1.807) is 0 Å². The Bertz CT molecular complexity index is 2210. The molecule has 47 heavy (non-hydrogen) atoms. The molecule has 0 unspecified atom stereocenters. The minimum absolute atomic E-state index is 0.644. The van der Waals surface area contributed by atoms with Crippen LogP contribution in [0.4, 0.5) is 0 Å². The molecule has 0 saturated carbocycles. The second kappa shape index (κ2) is 12.3. The van der Waals surface area contributed by atoms with E-state index in [4.69, 9.17) is 15.0 Å². The van der Waals surface area contributed by atoms with Crippen molar-refractivity contribution in [3.8, 4) is 67.5 Å². The molecule has 1 heterocycles. The van der Waals surface area contributed by atoms with E-state index in [0.717, 1.165) is 27.8 Å². The van der Waals surface area contributed by atoms with Crippen molar-refractivity contribution in [2.45, 2.75) is 6.92 Å². The first-order valence-corrected chi connectivity index (χ1v) is 15.9. The Kier molecular flexibility index (Phi) is 7.41. The van der Waals surface area contributed by atoms with Crippen LogP contribution in [0.3, 0.4) is 0 Å². The predicted molar refractivity (Wildman–Crippen MR) is 195 cm³/mol. The first-order valence-electron chi connectivity index (χ1n) is 15.9. The summed E-state index contributed by atoms with van der Waals surface area (Å²) < 4.78 is 0. The van der Waals surface area contributed by atoms with E-state index in [-0.39, 0.29) is 0 Å². The van der Waals surface area contributed by atoms with Gasteiger partial charge in [0, 0.05) is 16.7 Å². The zero-order chi connectivity index (χ0) is 31.6. The monoisotopic (exact) mass is 601 g/mol. The molecule has 8 aromatic rings. The van der Waals surface area contributed by atoms with Crippen LogP contribution in [0.15, 0.2) is 170 Å². The summed E-state index contributed by atoms with van der Waals surface area (Å²) in [5.74, 6) is 1.93. The van der Waals surface area contributed by atoms with Gasteiger partial charge in [-0.15, -0.1) is 0 Å². The molecule has 0 N–H and O–H groups in total. The zero-order valence-corrected chi connectivity index (χ0v) is 26.0. The van der Waals surface area contributed by atoms with Crippen LogP contribution in [-0.2, 0) is 0 Å². The van der Waals surface area contributed by atoms with Gasteiger partial charge in [0.15, 0.2) is 17.5 Å². The molecular weight excluding hydrogens is 571 g/mol. The quantitative estimate of drug-likeness (QED) is 0.190. The molecule has 0 atom stereocenters. The highest BCUT2D eigenvalue weighted by Gasteiger charge is 2.14. The minimum atomic E-state index is 0.644. The lowest BCUT2D eigenvalue weighted by atomic mass is 9.93. The van der Waals surface area contributed by atoms with Crippen molar-refractivity contribution in [3.63, 3.8) is 0 Å². The van der Waals surface area contributed by atoms with Crippen molar-refractivity contribution in [2.24, 2.45) is 0 Å². The predicted octanol–water partition coefficient (Wildman–Crippen LogP) is 11.3. The number of fused-ring (bicyclic) bond motifs is 1. The highest BCUT2D eigenvalue weighted by atomic mass is 15.0.